The minimum Gasteiger partial charge on any atom is -0.380 e. The molecule has 186 valence electrons. The Balaban J connectivity index is 1.35. The molecule has 0 radical (unpaired) electrons. The van der Waals surface area contributed by atoms with E-state index < -0.39 is 5.60 Å². The minimum absolute atomic E-state index is 0.122. The highest BCUT2D eigenvalue weighted by Gasteiger charge is 2.50. The van der Waals surface area contributed by atoms with Crippen LogP contribution >= 0.6 is 0 Å². The molecule has 1 amide bonds. The number of nitrogens with two attached hydrogens (primary N) is 1. The van der Waals surface area contributed by atoms with Crippen molar-refractivity contribution in [2.45, 2.75) is 50.2 Å². The van der Waals surface area contributed by atoms with Crippen molar-refractivity contribution in [2.75, 3.05) is 61.5 Å². The fourth-order valence-corrected chi connectivity index (χ4v) is 5.73. The number of nitrogens with zero attached hydrogens (tertiary/aromatic N) is 7. The second-order valence-electron chi connectivity index (χ2n) is 10.4. The van der Waals surface area contributed by atoms with Gasteiger partial charge in [0.15, 0.2) is 0 Å². The summed E-state index contributed by atoms with van der Waals surface area (Å²) in [7, 11) is 0. The van der Waals surface area contributed by atoms with Crippen molar-refractivity contribution in [1.29, 1.82) is 0 Å². The number of carbonyl (C=O) groups excluding carboxylic acids is 1. The Morgan fingerprint density at radius 2 is 1.83 bits per heavy atom. The fourth-order valence-electron chi connectivity index (χ4n) is 5.73. The summed E-state index contributed by atoms with van der Waals surface area (Å²) in [6.45, 7) is 6.95. The van der Waals surface area contributed by atoms with Gasteiger partial charge in [0.1, 0.15) is 11.4 Å². The van der Waals surface area contributed by atoms with E-state index in [1.54, 1.807) is 12.4 Å². The molecule has 0 aromatic carbocycles. The summed E-state index contributed by atoms with van der Waals surface area (Å²) in [5.41, 5.74) is 7.01. The van der Waals surface area contributed by atoms with E-state index in [1.807, 2.05) is 4.90 Å². The van der Waals surface area contributed by atoms with E-state index in [2.05, 4.69) is 26.7 Å². The molecule has 3 aliphatic heterocycles. The average Bonchev–Trinajstić information content (AvgIpc) is 3.47. The molecule has 6 rings (SSSR count). The summed E-state index contributed by atoms with van der Waals surface area (Å²) in [5, 5.41) is 10.6. The zero-order valence-electron chi connectivity index (χ0n) is 20.1. The Labute approximate surface area is 204 Å². The van der Waals surface area contributed by atoms with Crippen LogP contribution in [-0.4, -0.2) is 92.9 Å². The summed E-state index contributed by atoms with van der Waals surface area (Å²) < 4.78 is 5.54. The molecule has 1 aliphatic carbocycles. The van der Waals surface area contributed by atoms with Crippen LogP contribution in [-0.2, 0) is 16.0 Å². The number of aliphatic hydroxyl groups is 1. The molecule has 11 heteroatoms. The number of aromatic nitrogens is 4. The fraction of sp³-hybridized carbons (Fsp3) is 0.625. The third-order valence-electron chi connectivity index (χ3n) is 8.02. The summed E-state index contributed by atoms with van der Waals surface area (Å²) >= 11 is 0. The van der Waals surface area contributed by atoms with Gasteiger partial charge in [0.2, 0.25) is 11.9 Å². The van der Waals surface area contributed by atoms with Gasteiger partial charge in [0, 0.05) is 56.2 Å². The molecule has 5 heterocycles. The minimum atomic E-state index is -1.16. The van der Waals surface area contributed by atoms with Gasteiger partial charge in [-0.15, -0.1) is 0 Å². The van der Waals surface area contributed by atoms with E-state index in [0.29, 0.717) is 45.1 Å². The van der Waals surface area contributed by atoms with Crippen LogP contribution in [0.4, 0.5) is 17.7 Å². The molecule has 4 aliphatic rings. The van der Waals surface area contributed by atoms with Crippen molar-refractivity contribution < 1.29 is 14.6 Å². The monoisotopic (exact) mass is 480 g/mol. The Bertz CT molecular complexity index is 1130. The first-order valence-electron chi connectivity index (χ1n) is 12.5. The molecule has 1 saturated carbocycles. The maximum absolute atomic E-state index is 13.0. The predicted octanol–water partition coefficient (Wildman–Crippen LogP) is 0.621. The summed E-state index contributed by atoms with van der Waals surface area (Å²) in [5.74, 6) is 1.69. The number of morpholine rings is 1. The van der Waals surface area contributed by atoms with Crippen LogP contribution in [0.5, 0.6) is 0 Å². The maximum atomic E-state index is 13.0. The Hall–Kier alpha value is -3.05. The molecule has 3 fully saturated rings. The Morgan fingerprint density at radius 1 is 1.09 bits per heavy atom. The predicted molar refractivity (Wildman–Crippen MR) is 130 cm³/mol. The number of amides is 1. The van der Waals surface area contributed by atoms with Gasteiger partial charge in [-0.3, -0.25) is 4.79 Å². The highest BCUT2D eigenvalue weighted by atomic mass is 16.5. The summed E-state index contributed by atoms with van der Waals surface area (Å²) in [6.07, 6.45) is 7.09. The standard InChI is InChI=1S/C24H32N8O3/c1-23(6-8-31(15-23)20(33)24(34)4-2-5-24)32-7-3-17-18(16-13-26-21(25)27-14-16)28-22(29-19(17)32)30-9-11-35-12-10-30/h13-14,34H,2-12,15H2,1H3,(H2,25,26,27)/t23-/m1/s1. The molecule has 0 unspecified atom stereocenters. The number of hydrogen-bond donors (Lipinski definition) is 2. The number of fused-ring (bicyclic) bond motifs is 1. The molecule has 1 atom stereocenters. The van der Waals surface area contributed by atoms with E-state index in [-0.39, 0.29) is 17.4 Å². The van der Waals surface area contributed by atoms with Crippen LogP contribution in [0.25, 0.3) is 11.3 Å². The smallest absolute Gasteiger partial charge is 0.254 e. The van der Waals surface area contributed by atoms with Gasteiger partial charge in [-0.1, -0.05) is 0 Å². The van der Waals surface area contributed by atoms with E-state index in [4.69, 9.17) is 20.4 Å². The number of carbonyl (C=O) groups is 1. The largest absolute Gasteiger partial charge is 0.380 e. The van der Waals surface area contributed by atoms with E-state index in [1.165, 1.54) is 0 Å². The van der Waals surface area contributed by atoms with Gasteiger partial charge in [-0.2, -0.15) is 4.98 Å². The Kier molecular flexibility index (Phi) is 5.29. The number of anilines is 3. The quantitative estimate of drug-likeness (QED) is 0.641. The number of likely N-dealkylation sites (tertiary alicyclic amines) is 1. The first-order chi connectivity index (χ1) is 16.9. The summed E-state index contributed by atoms with van der Waals surface area (Å²) in [4.78, 5) is 37.8. The van der Waals surface area contributed by atoms with Crippen molar-refractivity contribution in [3.8, 4) is 11.3 Å². The normalized spacial score (nSPS) is 25.5. The van der Waals surface area contributed by atoms with Gasteiger partial charge in [0.25, 0.3) is 5.91 Å². The van der Waals surface area contributed by atoms with Crippen molar-refractivity contribution >= 4 is 23.6 Å². The molecular weight excluding hydrogens is 448 g/mol. The van der Waals surface area contributed by atoms with Crippen LogP contribution < -0.4 is 15.5 Å². The number of hydrogen-bond acceptors (Lipinski definition) is 10. The van der Waals surface area contributed by atoms with Crippen LogP contribution in [0.1, 0.15) is 38.2 Å². The second-order valence-corrected chi connectivity index (χ2v) is 10.4. The van der Waals surface area contributed by atoms with E-state index in [0.717, 1.165) is 61.5 Å². The number of ether oxygens (including phenoxy) is 1. The van der Waals surface area contributed by atoms with Gasteiger partial charge in [-0.05, 0) is 39.0 Å². The van der Waals surface area contributed by atoms with Gasteiger partial charge in [-0.25, -0.2) is 15.0 Å². The molecule has 35 heavy (non-hydrogen) atoms. The van der Waals surface area contributed by atoms with E-state index >= 15 is 0 Å². The molecule has 0 spiro atoms. The SMILES string of the molecule is C[C@@]1(N2CCc3c(-c4cnc(N)nc4)nc(N4CCOCC4)nc32)CCN(C(=O)C2(O)CCC2)C1. The third-order valence-corrected chi connectivity index (χ3v) is 8.02. The van der Waals surface area contributed by atoms with Crippen LogP contribution in [0, 0.1) is 0 Å². The van der Waals surface area contributed by atoms with Gasteiger partial charge < -0.3 is 30.3 Å². The molecule has 3 N–H and O–H groups in total. The molecule has 0 bridgehead atoms. The lowest BCUT2D eigenvalue weighted by Crippen LogP contribution is -2.55. The molecule has 2 aromatic rings. The highest BCUT2D eigenvalue weighted by Crippen LogP contribution is 2.42. The van der Waals surface area contributed by atoms with Crippen molar-refractivity contribution in [3.63, 3.8) is 0 Å². The first kappa shape index (κ1) is 22.4. The third kappa shape index (κ3) is 3.77. The lowest BCUT2D eigenvalue weighted by molar-refractivity contribution is -0.159. The zero-order chi connectivity index (χ0) is 24.2. The van der Waals surface area contributed by atoms with Gasteiger partial charge in [0.05, 0.1) is 24.4 Å². The maximum Gasteiger partial charge on any atom is 0.254 e. The summed E-state index contributed by atoms with van der Waals surface area (Å²) in [6, 6.07) is 0. The number of nitrogen functional groups attached to an aromatic ring is 1. The first-order valence-corrected chi connectivity index (χ1v) is 12.5. The van der Waals surface area contributed by atoms with Crippen molar-refractivity contribution in [3.05, 3.63) is 18.0 Å². The second kappa shape index (κ2) is 8.27. The number of rotatable bonds is 4. The lowest BCUT2D eigenvalue weighted by atomic mass is 9.79. The van der Waals surface area contributed by atoms with Crippen molar-refractivity contribution in [1.82, 2.24) is 24.8 Å². The van der Waals surface area contributed by atoms with Crippen LogP contribution in [0.3, 0.4) is 0 Å². The molecule has 2 aromatic heterocycles. The lowest BCUT2D eigenvalue weighted by Gasteiger charge is -2.40. The zero-order valence-corrected chi connectivity index (χ0v) is 20.1. The van der Waals surface area contributed by atoms with E-state index in [9.17, 15) is 9.90 Å². The molecule has 2 saturated heterocycles. The average molecular weight is 481 g/mol. The topological polar surface area (TPSA) is 134 Å². The Morgan fingerprint density at radius 3 is 2.51 bits per heavy atom. The molecule has 11 nitrogen and oxygen atoms in total. The van der Waals surface area contributed by atoms with Crippen LogP contribution in [0.2, 0.25) is 0 Å². The molecular formula is C24H32N8O3. The van der Waals surface area contributed by atoms with Crippen molar-refractivity contribution in [2.24, 2.45) is 0 Å². The van der Waals surface area contributed by atoms with Gasteiger partial charge >= 0.3 is 0 Å². The van der Waals surface area contributed by atoms with Crippen LogP contribution in [0.15, 0.2) is 12.4 Å². The highest BCUT2D eigenvalue weighted by molar-refractivity contribution is 5.86.